The van der Waals surface area contributed by atoms with Gasteiger partial charge < -0.3 is 28.5 Å². The fraction of sp³-hybridized carbons (Fsp3) is 0.712. The molecule has 0 saturated heterocycles. The Labute approximate surface area is 505 Å². The molecule has 470 valence electrons. The molecule has 2 atom stereocenters. The van der Waals surface area contributed by atoms with Gasteiger partial charge in [0.25, 0.3) is 6.29 Å². The van der Waals surface area contributed by atoms with Gasteiger partial charge in [-0.3, -0.25) is 9.59 Å². The topological polar surface area (TPSA) is 108 Å². The van der Waals surface area contributed by atoms with Gasteiger partial charge in [-0.15, -0.1) is 0 Å². The number of hydrogen-bond donors (Lipinski definition) is 1. The molecule has 0 saturated carbocycles. The van der Waals surface area contributed by atoms with E-state index in [0.717, 1.165) is 96.3 Å². The average Bonchev–Trinajstić information content (AvgIpc) is 3.45. The van der Waals surface area contributed by atoms with E-state index in [0.29, 0.717) is 23.9 Å². The standard InChI is InChI=1S/C73H125NO8/c1-6-8-10-12-14-16-18-20-22-24-26-28-30-32-34-35-36-37-38-40-42-44-46-48-50-52-54-56-58-60-62-64-71(76)82-69(68-81-73(72(77)78)79-66-65-74(3,4)5)67-80-70(75)63-61-59-57-55-53-51-49-47-45-43-41-39-33-31-29-27-25-23-21-19-17-15-13-11-9-7-2/h8,10,14,16,20,22,26,28,32,34,36-37,40,42,46,48,52,54,69,73H,6-7,9,11-13,15,17-19,21,23-25,27,29-31,33,35,38-39,41,43-45,47,49-51,53,55-68H2,1-5H3/p+1/b10-8-,16-14-,22-20-,28-26-,34-32-,37-36-,42-40-,48-46-,54-52-. The lowest BCUT2D eigenvalue weighted by Crippen LogP contribution is -2.40. The fourth-order valence-electron chi connectivity index (χ4n) is 9.18. The Bertz CT molecular complexity index is 1710. The summed E-state index contributed by atoms with van der Waals surface area (Å²) in [6.07, 6.45) is 84.8. The summed E-state index contributed by atoms with van der Waals surface area (Å²) in [4.78, 5) is 37.6. The van der Waals surface area contributed by atoms with E-state index in [1.54, 1.807) is 0 Å². The number of carboxylic acids is 1. The Morgan fingerprint density at radius 2 is 0.695 bits per heavy atom. The van der Waals surface area contributed by atoms with E-state index in [1.165, 1.54) is 148 Å². The van der Waals surface area contributed by atoms with Crippen LogP contribution in [0.3, 0.4) is 0 Å². The largest absolute Gasteiger partial charge is 0.477 e. The summed E-state index contributed by atoms with van der Waals surface area (Å²) in [5.41, 5.74) is 0. The molecule has 0 spiro atoms. The molecule has 0 rings (SSSR count). The van der Waals surface area contributed by atoms with E-state index in [4.69, 9.17) is 18.9 Å². The monoisotopic (exact) mass is 1140 g/mol. The molecule has 0 bridgehead atoms. The number of allylic oxidation sites excluding steroid dienone is 18. The molecule has 0 heterocycles. The van der Waals surface area contributed by atoms with Crippen molar-refractivity contribution in [2.24, 2.45) is 0 Å². The quantitative estimate of drug-likeness (QED) is 0.0211. The maximum Gasteiger partial charge on any atom is 0.361 e. The van der Waals surface area contributed by atoms with Gasteiger partial charge in [-0.25, -0.2) is 4.79 Å². The van der Waals surface area contributed by atoms with Crippen LogP contribution in [-0.2, 0) is 33.3 Å². The van der Waals surface area contributed by atoms with Crippen LogP contribution in [0.25, 0.3) is 0 Å². The lowest BCUT2D eigenvalue weighted by atomic mass is 10.0. The van der Waals surface area contributed by atoms with Crippen LogP contribution < -0.4 is 0 Å². The van der Waals surface area contributed by atoms with Crippen molar-refractivity contribution < 1.29 is 42.9 Å². The van der Waals surface area contributed by atoms with E-state index in [2.05, 4.69) is 123 Å². The second-order valence-electron chi connectivity index (χ2n) is 23.4. The van der Waals surface area contributed by atoms with Crippen LogP contribution in [0, 0.1) is 0 Å². The van der Waals surface area contributed by atoms with Gasteiger partial charge in [0.15, 0.2) is 6.10 Å². The highest BCUT2D eigenvalue weighted by molar-refractivity contribution is 5.71. The number of unbranched alkanes of at least 4 members (excludes halogenated alkanes) is 28. The van der Waals surface area contributed by atoms with Crippen LogP contribution in [0.4, 0.5) is 0 Å². The zero-order valence-corrected chi connectivity index (χ0v) is 53.6. The number of carbonyl (C=O) groups excluding carboxylic acids is 2. The summed E-state index contributed by atoms with van der Waals surface area (Å²) >= 11 is 0. The fourth-order valence-corrected chi connectivity index (χ4v) is 9.18. The van der Waals surface area contributed by atoms with Crippen molar-refractivity contribution in [1.82, 2.24) is 0 Å². The number of esters is 2. The number of nitrogens with zero attached hydrogens (tertiary/aromatic N) is 1. The van der Waals surface area contributed by atoms with Gasteiger partial charge in [-0.1, -0.05) is 290 Å². The van der Waals surface area contributed by atoms with Gasteiger partial charge in [-0.05, 0) is 83.5 Å². The molecule has 82 heavy (non-hydrogen) atoms. The maximum atomic E-state index is 12.9. The summed E-state index contributed by atoms with van der Waals surface area (Å²) in [5.74, 6) is -2.05. The summed E-state index contributed by atoms with van der Waals surface area (Å²) in [6.45, 7) is 4.75. The third kappa shape index (κ3) is 63.5. The summed E-state index contributed by atoms with van der Waals surface area (Å²) < 4.78 is 22.9. The van der Waals surface area contributed by atoms with Gasteiger partial charge in [0.2, 0.25) is 0 Å². The lowest BCUT2D eigenvalue weighted by molar-refractivity contribution is -0.870. The van der Waals surface area contributed by atoms with Gasteiger partial charge >= 0.3 is 17.9 Å². The van der Waals surface area contributed by atoms with Crippen LogP contribution in [0.2, 0.25) is 0 Å². The molecule has 0 aliphatic rings. The number of rotatable bonds is 61. The highest BCUT2D eigenvalue weighted by Crippen LogP contribution is 2.17. The van der Waals surface area contributed by atoms with Crippen LogP contribution in [0.15, 0.2) is 109 Å². The van der Waals surface area contributed by atoms with Crippen LogP contribution in [0.1, 0.15) is 277 Å². The van der Waals surface area contributed by atoms with Crippen molar-refractivity contribution in [1.29, 1.82) is 0 Å². The van der Waals surface area contributed by atoms with Gasteiger partial charge in [0, 0.05) is 12.8 Å². The molecule has 0 amide bonds. The molecule has 0 aromatic rings. The molecule has 9 heteroatoms. The van der Waals surface area contributed by atoms with E-state index in [-0.39, 0.29) is 32.2 Å². The number of carboxylic acid groups (broad SMARTS) is 1. The molecule has 0 fully saturated rings. The number of quaternary nitrogens is 1. The van der Waals surface area contributed by atoms with E-state index in [9.17, 15) is 19.5 Å². The van der Waals surface area contributed by atoms with Crippen LogP contribution in [-0.4, -0.2) is 87.4 Å². The minimum Gasteiger partial charge on any atom is -0.477 e. The number of ether oxygens (including phenoxy) is 4. The minimum atomic E-state index is -1.53. The smallest absolute Gasteiger partial charge is 0.361 e. The Balaban J connectivity index is 4.25. The average molecular weight is 1150 g/mol. The zero-order valence-electron chi connectivity index (χ0n) is 53.6. The zero-order chi connectivity index (χ0) is 59.8. The molecule has 0 aliphatic heterocycles. The predicted molar refractivity (Wildman–Crippen MR) is 350 cm³/mol. The van der Waals surface area contributed by atoms with Crippen molar-refractivity contribution in [3.63, 3.8) is 0 Å². The van der Waals surface area contributed by atoms with Crippen molar-refractivity contribution in [2.75, 3.05) is 47.5 Å². The number of likely N-dealkylation sites (N-methyl/N-ethyl adjacent to an activating group) is 1. The summed E-state index contributed by atoms with van der Waals surface area (Å²) in [5, 5.41) is 9.73. The van der Waals surface area contributed by atoms with Crippen LogP contribution >= 0.6 is 0 Å². The number of hydrogen-bond acceptors (Lipinski definition) is 7. The minimum absolute atomic E-state index is 0.176. The number of aliphatic carboxylic acids is 1. The van der Waals surface area contributed by atoms with Gasteiger partial charge in [-0.2, -0.15) is 0 Å². The molecular formula is C73H126NO8+. The SMILES string of the molecule is CC/C=C\C/C=C\C/C=C\C/C=C\C/C=C\C/C=C\C/C=C\C/C=C\C/C=C\CCCCCC(=O)OC(COC(=O)CCCCCCCCCCCCCCCCCCCCCCCCCCCC)COC(OCC[N+](C)(C)C)C(=O)O. The third-order valence-electron chi connectivity index (χ3n) is 14.3. The molecule has 2 unspecified atom stereocenters. The van der Waals surface area contributed by atoms with Crippen LogP contribution in [0.5, 0.6) is 0 Å². The molecule has 9 nitrogen and oxygen atoms in total. The summed E-state index contributed by atoms with van der Waals surface area (Å²) in [7, 11) is 5.96. The predicted octanol–water partition coefficient (Wildman–Crippen LogP) is 20.6. The highest BCUT2D eigenvalue weighted by Gasteiger charge is 2.25. The van der Waals surface area contributed by atoms with E-state index >= 15 is 0 Å². The van der Waals surface area contributed by atoms with Crippen molar-refractivity contribution in [3.8, 4) is 0 Å². The first-order chi connectivity index (χ1) is 40.1. The molecule has 0 aliphatic carbocycles. The van der Waals surface area contributed by atoms with Crippen molar-refractivity contribution in [3.05, 3.63) is 109 Å². The third-order valence-corrected chi connectivity index (χ3v) is 14.3. The Morgan fingerprint density at radius 3 is 1.04 bits per heavy atom. The van der Waals surface area contributed by atoms with Gasteiger partial charge in [0.05, 0.1) is 34.4 Å². The number of carbonyl (C=O) groups is 3. The first kappa shape index (κ1) is 78.0. The second kappa shape index (κ2) is 63.0. The second-order valence-corrected chi connectivity index (χ2v) is 23.4. The molecule has 0 aromatic heterocycles. The van der Waals surface area contributed by atoms with E-state index < -0.39 is 24.3 Å². The maximum absolute atomic E-state index is 12.9. The Hall–Kier alpha value is -4.05. The van der Waals surface area contributed by atoms with Gasteiger partial charge in [0.1, 0.15) is 13.2 Å². The molecule has 0 radical (unpaired) electrons. The lowest BCUT2D eigenvalue weighted by Gasteiger charge is -2.25. The highest BCUT2D eigenvalue weighted by atomic mass is 16.7. The van der Waals surface area contributed by atoms with Crippen molar-refractivity contribution in [2.45, 2.75) is 289 Å². The molecule has 0 aromatic carbocycles. The van der Waals surface area contributed by atoms with E-state index in [1.807, 2.05) is 21.1 Å². The first-order valence-corrected chi connectivity index (χ1v) is 33.6. The normalized spacial score (nSPS) is 13.4. The Morgan fingerprint density at radius 1 is 0.378 bits per heavy atom. The Kier molecular flexibility index (Phi) is 59.9. The molecular weight excluding hydrogens is 1020 g/mol. The summed E-state index contributed by atoms with van der Waals surface area (Å²) in [6, 6.07) is 0. The van der Waals surface area contributed by atoms with Crippen molar-refractivity contribution >= 4 is 17.9 Å². The molecule has 1 N–H and O–H groups in total. The first-order valence-electron chi connectivity index (χ1n) is 33.6.